The molecule has 0 fully saturated rings. The normalized spacial score (nSPS) is 11.9. The zero-order valence-electron chi connectivity index (χ0n) is 10.5. The molecule has 0 aliphatic rings. The smallest absolute Gasteiger partial charge is 0.418 e. The van der Waals surface area contributed by atoms with Crippen LogP contribution >= 0.6 is 0 Å². The van der Waals surface area contributed by atoms with Crippen molar-refractivity contribution in [2.45, 2.75) is 25.6 Å². The van der Waals surface area contributed by atoms with Crippen molar-refractivity contribution in [1.82, 2.24) is 0 Å². The Morgan fingerprint density at radius 2 is 1.90 bits per heavy atom. The van der Waals surface area contributed by atoms with E-state index in [0.717, 1.165) is 12.1 Å². The molecule has 4 nitrogen and oxygen atoms in total. The van der Waals surface area contributed by atoms with Gasteiger partial charge in [-0.05, 0) is 32.0 Å². The molecule has 0 radical (unpaired) electrons. The maximum absolute atomic E-state index is 12.9. The molecule has 1 aromatic rings. The first-order valence-corrected chi connectivity index (χ1v) is 5.37. The summed E-state index contributed by atoms with van der Waals surface area (Å²) in [7, 11) is 0. The summed E-state index contributed by atoms with van der Waals surface area (Å²) in [5.74, 6) is -2.06. The fourth-order valence-electron chi connectivity index (χ4n) is 1.31. The Kier molecular flexibility index (Phi) is 4.36. The quantitative estimate of drug-likeness (QED) is 0.686. The molecule has 0 aliphatic carbocycles. The van der Waals surface area contributed by atoms with Crippen LogP contribution in [0.3, 0.4) is 0 Å². The van der Waals surface area contributed by atoms with Gasteiger partial charge in [-0.15, -0.1) is 0 Å². The Morgan fingerprint density at radius 3 is 2.40 bits per heavy atom. The van der Waals surface area contributed by atoms with E-state index in [0.29, 0.717) is 0 Å². The lowest BCUT2D eigenvalue weighted by Crippen LogP contribution is -2.40. The van der Waals surface area contributed by atoms with Crippen LogP contribution in [0.15, 0.2) is 18.2 Å². The summed E-state index contributed by atoms with van der Waals surface area (Å²) in [6.07, 6.45) is -4.83. The first kappa shape index (κ1) is 15.9. The van der Waals surface area contributed by atoms with Gasteiger partial charge < -0.3 is 10.1 Å². The molecule has 0 aromatic heterocycles. The molecule has 1 aromatic carbocycles. The monoisotopic (exact) mass is 293 g/mol. The van der Waals surface area contributed by atoms with Crippen LogP contribution < -0.4 is 5.32 Å². The van der Waals surface area contributed by atoms with Crippen LogP contribution in [0.25, 0.3) is 0 Å². The summed E-state index contributed by atoms with van der Waals surface area (Å²) in [6, 6.07) is 1.83. The zero-order chi connectivity index (χ0) is 15.6. The van der Waals surface area contributed by atoms with Crippen molar-refractivity contribution in [3.05, 3.63) is 29.6 Å². The van der Waals surface area contributed by atoms with Gasteiger partial charge in [-0.2, -0.15) is 13.2 Å². The Labute approximate surface area is 111 Å². The van der Waals surface area contributed by atoms with E-state index in [9.17, 15) is 27.2 Å². The minimum atomic E-state index is -4.83. The number of nitrogens with one attached hydrogen (secondary N) is 1. The molecule has 0 unspecified atom stereocenters. The highest BCUT2D eigenvalue weighted by atomic mass is 19.4. The molecule has 1 amide bonds. The minimum Gasteiger partial charge on any atom is -0.452 e. The van der Waals surface area contributed by atoms with E-state index < -0.39 is 34.8 Å². The summed E-state index contributed by atoms with van der Waals surface area (Å²) in [4.78, 5) is 21.9. The lowest BCUT2D eigenvalue weighted by molar-refractivity contribution is -0.151. The molecular formula is C12H11F4NO3. The summed E-state index contributed by atoms with van der Waals surface area (Å²) in [6.45, 7) is 2.41. The van der Waals surface area contributed by atoms with E-state index in [2.05, 4.69) is 4.74 Å². The van der Waals surface area contributed by atoms with Crippen LogP contribution in [-0.2, 0) is 20.5 Å². The van der Waals surface area contributed by atoms with Crippen molar-refractivity contribution in [2.75, 3.05) is 5.32 Å². The third kappa shape index (κ3) is 3.69. The lowest BCUT2D eigenvalue weighted by Gasteiger charge is -2.22. The van der Waals surface area contributed by atoms with E-state index in [-0.39, 0.29) is 12.5 Å². The number of carbonyl (C=O) groups excluding carboxylic acids is 2. The van der Waals surface area contributed by atoms with Crippen LogP contribution in [0.1, 0.15) is 19.4 Å². The highest BCUT2D eigenvalue weighted by Gasteiger charge is 2.36. The predicted molar refractivity (Wildman–Crippen MR) is 61.3 cm³/mol. The number of benzene rings is 1. The van der Waals surface area contributed by atoms with E-state index in [4.69, 9.17) is 0 Å². The average molecular weight is 293 g/mol. The van der Waals surface area contributed by atoms with E-state index in [1.165, 1.54) is 13.8 Å². The highest BCUT2D eigenvalue weighted by Crippen LogP contribution is 2.35. The van der Waals surface area contributed by atoms with E-state index >= 15 is 0 Å². The highest BCUT2D eigenvalue weighted by molar-refractivity contribution is 5.97. The van der Waals surface area contributed by atoms with Gasteiger partial charge in [-0.1, -0.05) is 0 Å². The first-order chi connectivity index (χ1) is 9.08. The largest absolute Gasteiger partial charge is 0.452 e. The predicted octanol–water partition coefficient (Wildman–Crippen LogP) is 2.73. The molecule has 1 rings (SSSR count). The Bertz CT molecular complexity index is 526. The van der Waals surface area contributed by atoms with Crippen LogP contribution in [0.5, 0.6) is 0 Å². The third-order valence-electron chi connectivity index (χ3n) is 2.42. The lowest BCUT2D eigenvalue weighted by atomic mass is 10.1. The SMILES string of the molecule is CC(C)(OC=O)C(=O)Nc1ccc(F)cc1C(F)(F)F. The Balaban J connectivity index is 3.10. The molecule has 0 bridgehead atoms. The maximum Gasteiger partial charge on any atom is 0.418 e. The minimum absolute atomic E-state index is 0.00884. The molecule has 8 heteroatoms. The van der Waals surface area contributed by atoms with Crippen molar-refractivity contribution >= 4 is 18.1 Å². The van der Waals surface area contributed by atoms with Crippen molar-refractivity contribution in [2.24, 2.45) is 0 Å². The number of rotatable bonds is 4. The topological polar surface area (TPSA) is 55.4 Å². The number of ether oxygens (including phenoxy) is 1. The second-order valence-electron chi connectivity index (χ2n) is 4.37. The third-order valence-corrected chi connectivity index (χ3v) is 2.42. The number of hydrogen-bond donors (Lipinski definition) is 1. The standard InChI is InChI=1S/C12H11F4NO3/c1-11(2,20-6-18)10(19)17-9-4-3-7(13)5-8(9)12(14,15)16/h3-6H,1-2H3,(H,17,19). The van der Waals surface area contributed by atoms with Crippen molar-refractivity contribution in [1.29, 1.82) is 0 Å². The van der Waals surface area contributed by atoms with Crippen LogP contribution in [0, 0.1) is 5.82 Å². The number of hydrogen-bond acceptors (Lipinski definition) is 3. The molecule has 20 heavy (non-hydrogen) atoms. The average Bonchev–Trinajstić information content (AvgIpc) is 2.30. The molecule has 0 heterocycles. The van der Waals surface area contributed by atoms with Crippen molar-refractivity contribution < 1.29 is 31.9 Å². The van der Waals surface area contributed by atoms with Gasteiger partial charge in [0.15, 0.2) is 5.60 Å². The van der Waals surface area contributed by atoms with Gasteiger partial charge >= 0.3 is 6.18 Å². The Morgan fingerprint density at radius 1 is 1.30 bits per heavy atom. The van der Waals surface area contributed by atoms with Gasteiger partial charge in [0.2, 0.25) is 0 Å². The summed E-state index contributed by atoms with van der Waals surface area (Å²) >= 11 is 0. The maximum atomic E-state index is 12.9. The molecule has 1 N–H and O–H groups in total. The van der Waals surface area contributed by atoms with Crippen molar-refractivity contribution in [3.63, 3.8) is 0 Å². The van der Waals surface area contributed by atoms with Crippen LogP contribution in [-0.4, -0.2) is 18.0 Å². The molecule has 0 spiro atoms. The van der Waals surface area contributed by atoms with E-state index in [1.807, 2.05) is 5.32 Å². The zero-order valence-corrected chi connectivity index (χ0v) is 10.5. The number of anilines is 1. The molecule has 0 saturated heterocycles. The molecule has 110 valence electrons. The molecular weight excluding hydrogens is 282 g/mol. The van der Waals surface area contributed by atoms with Crippen LogP contribution in [0.4, 0.5) is 23.2 Å². The van der Waals surface area contributed by atoms with Gasteiger partial charge in [-0.3, -0.25) is 9.59 Å². The van der Waals surface area contributed by atoms with E-state index in [1.54, 1.807) is 0 Å². The summed E-state index contributed by atoms with van der Waals surface area (Å²) < 4.78 is 55.5. The summed E-state index contributed by atoms with van der Waals surface area (Å²) in [5.41, 5.74) is -3.60. The fourth-order valence-corrected chi connectivity index (χ4v) is 1.31. The van der Waals surface area contributed by atoms with Crippen LogP contribution in [0.2, 0.25) is 0 Å². The van der Waals surface area contributed by atoms with Gasteiger partial charge in [0, 0.05) is 0 Å². The number of carbonyl (C=O) groups is 2. The first-order valence-electron chi connectivity index (χ1n) is 5.37. The van der Waals surface area contributed by atoms with Gasteiger partial charge in [0.25, 0.3) is 12.4 Å². The molecule has 0 saturated carbocycles. The van der Waals surface area contributed by atoms with Gasteiger partial charge in [0.1, 0.15) is 5.82 Å². The number of alkyl halides is 3. The second kappa shape index (κ2) is 5.48. The van der Waals surface area contributed by atoms with Gasteiger partial charge in [0.05, 0.1) is 11.3 Å². The van der Waals surface area contributed by atoms with Crippen molar-refractivity contribution in [3.8, 4) is 0 Å². The molecule has 0 aliphatic heterocycles. The van der Waals surface area contributed by atoms with Gasteiger partial charge in [-0.25, -0.2) is 4.39 Å². The second-order valence-corrected chi connectivity index (χ2v) is 4.37. The molecule has 0 atom stereocenters. The number of amides is 1. The fraction of sp³-hybridized carbons (Fsp3) is 0.333. The summed E-state index contributed by atoms with van der Waals surface area (Å²) in [5, 5.41) is 1.96. The number of halogens is 4. The Hall–Kier alpha value is -2.12.